The predicted octanol–water partition coefficient (Wildman–Crippen LogP) is 2.53. The minimum absolute atomic E-state index is 0.0500. The average molecular weight is 259 g/mol. The van der Waals surface area contributed by atoms with Crippen molar-refractivity contribution >= 4 is 0 Å². The molecule has 1 heterocycles. The highest BCUT2D eigenvalue weighted by molar-refractivity contribution is 5.29. The maximum Gasteiger partial charge on any atom is 0.416 e. The molecule has 1 saturated heterocycles. The van der Waals surface area contributed by atoms with Crippen molar-refractivity contribution in [2.75, 3.05) is 13.2 Å². The molecule has 1 aromatic rings. The Morgan fingerprint density at radius 1 is 1.33 bits per heavy atom. The summed E-state index contributed by atoms with van der Waals surface area (Å²) in [5.41, 5.74) is 0.0262. The summed E-state index contributed by atoms with van der Waals surface area (Å²) in [7, 11) is 0. The fourth-order valence-electron chi connectivity index (χ4n) is 2.49. The smallest absolute Gasteiger partial charge is 0.395 e. The topological polar surface area (TPSA) is 32.3 Å². The molecule has 1 fully saturated rings. The molecule has 5 heteroatoms. The van der Waals surface area contributed by atoms with Gasteiger partial charge in [-0.15, -0.1) is 0 Å². The largest absolute Gasteiger partial charge is 0.416 e. The Bertz CT molecular complexity index is 405. The van der Waals surface area contributed by atoms with E-state index in [1.54, 1.807) is 6.07 Å². The second-order valence-electron chi connectivity index (χ2n) is 4.62. The monoisotopic (exact) mass is 259 g/mol. The van der Waals surface area contributed by atoms with Gasteiger partial charge in [0.1, 0.15) is 0 Å². The minimum Gasteiger partial charge on any atom is -0.395 e. The minimum atomic E-state index is -4.31. The Morgan fingerprint density at radius 3 is 2.78 bits per heavy atom. The van der Waals surface area contributed by atoms with E-state index in [0.29, 0.717) is 5.56 Å². The SMILES string of the molecule is OCC1NCCCC1c1cccc(C(F)(F)F)c1. The van der Waals surface area contributed by atoms with Gasteiger partial charge in [0.2, 0.25) is 0 Å². The molecule has 1 aromatic carbocycles. The Labute approximate surface area is 104 Å². The molecule has 2 N–H and O–H groups in total. The summed E-state index contributed by atoms with van der Waals surface area (Å²) in [6, 6.07) is 5.26. The summed E-state index contributed by atoms with van der Waals surface area (Å²) in [4.78, 5) is 0. The molecule has 0 aromatic heterocycles. The maximum atomic E-state index is 12.6. The van der Waals surface area contributed by atoms with Crippen molar-refractivity contribution < 1.29 is 18.3 Å². The number of benzene rings is 1. The van der Waals surface area contributed by atoms with Gasteiger partial charge in [-0.1, -0.05) is 18.2 Å². The van der Waals surface area contributed by atoms with Crippen LogP contribution in [0.25, 0.3) is 0 Å². The van der Waals surface area contributed by atoms with E-state index in [9.17, 15) is 18.3 Å². The standard InChI is InChI=1S/C13H16F3NO/c14-13(15,16)10-4-1-3-9(7-10)11-5-2-6-17-12(11)8-18/h1,3-4,7,11-12,17-18H,2,5-6,8H2. The highest BCUT2D eigenvalue weighted by Gasteiger charge is 2.32. The quantitative estimate of drug-likeness (QED) is 0.855. The number of nitrogens with one attached hydrogen (secondary N) is 1. The third kappa shape index (κ3) is 2.84. The molecular formula is C13H16F3NO. The van der Waals surface area contributed by atoms with Crippen LogP contribution in [-0.2, 0) is 6.18 Å². The van der Waals surface area contributed by atoms with Crippen molar-refractivity contribution in [3.63, 3.8) is 0 Å². The van der Waals surface area contributed by atoms with Gasteiger partial charge < -0.3 is 10.4 Å². The van der Waals surface area contributed by atoms with Crippen LogP contribution in [0.5, 0.6) is 0 Å². The Kier molecular flexibility index (Phi) is 3.92. The second kappa shape index (κ2) is 5.28. The van der Waals surface area contributed by atoms with E-state index in [2.05, 4.69) is 5.32 Å². The molecule has 2 rings (SSSR count). The summed E-state index contributed by atoms with van der Waals surface area (Å²) in [5.74, 6) is -0.0500. The third-order valence-corrected chi connectivity index (χ3v) is 3.42. The molecule has 2 nitrogen and oxygen atoms in total. The third-order valence-electron chi connectivity index (χ3n) is 3.42. The van der Waals surface area contributed by atoms with Gasteiger partial charge in [0, 0.05) is 12.0 Å². The summed E-state index contributed by atoms with van der Waals surface area (Å²) in [6.07, 6.45) is -2.59. The highest BCUT2D eigenvalue weighted by atomic mass is 19.4. The van der Waals surface area contributed by atoms with E-state index in [1.807, 2.05) is 0 Å². The van der Waals surface area contributed by atoms with E-state index in [0.717, 1.165) is 25.5 Å². The van der Waals surface area contributed by atoms with Crippen LogP contribution >= 0.6 is 0 Å². The molecule has 2 atom stereocenters. The van der Waals surface area contributed by atoms with Gasteiger partial charge in [-0.05, 0) is 31.0 Å². The zero-order valence-corrected chi connectivity index (χ0v) is 9.87. The molecule has 0 bridgehead atoms. The fraction of sp³-hybridized carbons (Fsp3) is 0.538. The zero-order chi connectivity index (χ0) is 13.2. The van der Waals surface area contributed by atoms with E-state index in [4.69, 9.17) is 0 Å². The van der Waals surface area contributed by atoms with Gasteiger partial charge in [0.05, 0.1) is 12.2 Å². The summed E-state index contributed by atoms with van der Waals surface area (Å²) >= 11 is 0. The van der Waals surface area contributed by atoms with E-state index >= 15 is 0 Å². The molecule has 0 radical (unpaired) electrons. The van der Waals surface area contributed by atoms with Crippen LogP contribution in [0.15, 0.2) is 24.3 Å². The van der Waals surface area contributed by atoms with Crippen LogP contribution in [-0.4, -0.2) is 24.3 Å². The van der Waals surface area contributed by atoms with Crippen molar-refractivity contribution in [1.29, 1.82) is 0 Å². The summed E-state index contributed by atoms with van der Waals surface area (Å²) in [6.45, 7) is 0.752. The first-order valence-electron chi connectivity index (χ1n) is 6.04. The molecule has 0 saturated carbocycles. The normalized spacial score (nSPS) is 25.1. The first kappa shape index (κ1) is 13.4. The molecule has 0 amide bonds. The number of halogens is 3. The summed E-state index contributed by atoms with van der Waals surface area (Å²) < 4.78 is 37.9. The van der Waals surface area contributed by atoms with Crippen LogP contribution in [0.3, 0.4) is 0 Å². The number of hydrogen-bond donors (Lipinski definition) is 2. The predicted molar refractivity (Wildman–Crippen MR) is 62.3 cm³/mol. The summed E-state index contributed by atoms with van der Waals surface area (Å²) in [5, 5.41) is 12.4. The van der Waals surface area contributed by atoms with Crippen LogP contribution < -0.4 is 5.32 Å². The van der Waals surface area contributed by atoms with Crippen molar-refractivity contribution in [2.24, 2.45) is 0 Å². The average Bonchev–Trinajstić information content (AvgIpc) is 2.38. The molecule has 100 valence electrons. The van der Waals surface area contributed by atoms with Crippen molar-refractivity contribution in [3.05, 3.63) is 35.4 Å². The first-order valence-corrected chi connectivity index (χ1v) is 6.04. The van der Waals surface area contributed by atoms with E-state index in [-0.39, 0.29) is 18.6 Å². The van der Waals surface area contributed by atoms with Crippen LogP contribution in [0.2, 0.25) is 0 Å². The molecule has 0 aliphatic carbocycles. The van der Waals surface area contributed by atoms with Crippen LogP contribution in [0.1, 0.15) is 29.9 Å². The number of rotatable bonds is 2. The molecule has 2 unspecified atom stereocenters. The maximum absolute atomic E-state index is 12.6. The van der Waals surface area contributed by atoms with Crippen molar-refractivity contribution in [1.82, 2.24) is 5.32 Å². The number of alkyl halides is 3. The number of hydrogen-bond acceptors (Lipinski definition) is 2. The zero-order valence-electron chi connectivity index (χ0n) is 9.87. The highest BCUT2D eigenvalue weighted by Crippen LogP contribution is 2.34. The first-order chi connectivity index (χ1) is 8.52. The van der Waals surface area contributed by atoms with E-state index in [1.165, 1.54) is 12.1 Å². The molecular weight excluding hydrogens is 243 g/mol. The Hall–Kier alpha value is -1.07. The van der Waals surface area contributed by atoms with Gasteiger partial charge >= 0.3 is 6.18 Å². The molecule has 0 spiro atoms. The number of aliphatic hydroxyl groups excluding tert-OH is 1. The second-order valence-corrected chi connectivity index (χ2v) is 4.62. The van der Waals surface area contributed by atoms with Crippen LogP contribution in [0.4, 0.5) is 13.2 Å². The van der Waals surface area contributed by atoms with Gasteiger partial charge in [-0.25, -0.2) is 0 Å². The van der Waals surface area contributed by atoms with E-state index < -0.39 is 11.7 Å². The lowest BCUT2D eigenvalue weighted by Gasteiger charge is -2.32. The number of piperidine rings is 1. The molecule has 18 heavy (non-hydrogen) atoms. The Balaban J connectivity index is 2.27. The lowest BCUT2D eigenvalue weighted by atomic mass is 9.84. The molecule has 1 aliphatic rings. The van der Waals surface area contributed by atoms with Gasteiger partial charge in [-0.2, -0.15) is 13.2 Å². The van der Waals surface area contributed by atoms with Crippen LogP contribution in [0, 0.1) is 0 Å². The lowest BCUT2D eigenvalue weighted by Crippen LogP contribution is -2.42. The van der Waals surface area contributed by atoms with Gasteiger partial charge in [0.15, 0.2) is 0 Å². The van der Waals surface area contributed by atoms with Gasteiger partial charge in [-0.3, -0.25) is 0 Å². The lowest BCUT2D eigenvalue weighted by molar-refractivity contribution is -0.137. The van der Waals surface area contributed by atoms with Gasteiger partial charge in [0.25, 0.3) is 0 Å². The van der Waals surface area contributed by atoms with Crippen molar-refractivity contribution in [3.8, 4) is 0 Å². The Morgan fingerprint density at radius 2 is 2.11 bits per heavy atom. The molecule has 1 aliphatic heterocycles. The fourth-order valence-corrected chi connectivity index (χ4v) is 2.49. The van der Waals surface area contributed by atoms with Crippen molar-refractivity contribution in [2.45, 2.75) is 31.0 Å². The number of aliphatic hydroxyl groups is 1.